The monoisotopic (exact) mass is 1010 g/mol. The van der Waals surface area contributed by atoms with Gasteiger partial charge in [0.2, 0.25) is 5.78 Å². The predicted octanol–water partition coefficient (Wildman–Crippen LogP) is -9.08. The molecule has 372 valence electrons. The van der Waals surface area contributed by atoms with E-state index in [2.05, 4.69) is 13.8 Å². The Morgan fingerprint density at radius 3 is 1.33 bits per heavy atom. The van der Waals surface area contributed by atoms with E-state index in [0.29, 0.717) is 38.5 Å². The summed E-state index contributed by atoms with van der Waals surface area (Å²) in [6.07, 6.45) is 8.86. The van der Waals surface area contributed by atoms with Crippen molar-refractivity contribution in [1.82, 2.24) is 0 Å². The van der Waals surface area contributed by atoms with Gasteiger partial charge >= 0.3 is 94.6 Å². The Kier molecular flexibility index (Phi) is 21.9. The van der Waals surface area contributed by atoms with Crippen molar-refractivity contribution in [3.8, 4) is 0 Å². The van der Waals surface area contributed by atoms with Crippen molar-refractivity contribution in [2.24, 2.45) is 57.2 Å². The largest absolute Gasteiger partial charge is 1.00 e. The fraction of sp³-hybridized carbons (Fsp3) is 0.760. The summed E-state index contributed by atoms with van der Waals surface area (Å²) in [7, 11) is 0. The molecule has 0 bridgehead atoms. The van der Waals surface area contributed by atoms with Gasteiger partial charge < -0.3 is 60.0 Å². The first-order valence-electron chi connectivity index (χ1n) is 23.9. The number of fused-ring (bicyclic) bond motifs is 10. The van der Waals surface area contributed by atoms with E-state index in [1.165, 1.54) is 5.57 Å². The molecule has 14 atom stereocenters. The second kappa shape index (κ2) is 24.2. The average Bonchev–Trinajstić information content (AvgIpc) is 3.69. The number of ketones is 4. The topological polar surface area (TPSA) is 316 Å². The number of rotatable bonds is 11. The van der Waals surface area contributed by atoms with Crippen molar-refractivity contribution in [3.05, 3.63) is 23.3 Å². The Balaban J connectivity index is 0.000000314. The van der Waals surface area contributed by atoms with Crippen LogP contribution in [0.1, 0.15) is 143 Å². The number of carboxylic acid groups (broad SMARTS) is 3. The van der Waals surface area contributed by atoms with Crippen LogP contribution in [0.3, 0.4) is 0 Å². The number of carbonyl (C=O) groups excluding carboxylic acids is 8. The molecule has 6 saturated carbocycles. The van der Waals surface area contributed by atoms with E-state index >= 15 is 0 Å². The Hall–Kier alpha value is -1.16. The zero-order valence-corrected chi connectivity index (χ0v) is 48.1. The van der Waals surface area contributed by atoms with E-state index in [0.717, 1.165) is 44.1 Å². The predicted molar refractivity (Wildman–Crippen MR) is 228 cm³/mol. The van der Waals surface area contributed by atoms with Gasteiger partial charge in [0.25, 0.3) is 0 Å². The summed E-state index contributed by atoms with van der Waals surface area (Å²) in [5.41, 5.74) is -2.95. The average molecular weight is 1010 g/mol. The molecule has 0 aromatic heterocycles. The van der Waals surface area contributed by atoms with Crippen LogP contribution >= 0.6 is 0 Å². The van der Waals surface area contributed by atoms with Gasteiger partial charge in [-0.15, -0.1) is 0 Å². The van der Waals surface area contributed by atoms with Crippen LogP contribution in [0.15, 0.2) is 23.3 Å². The van der Waals surface area contributed by atoms with Crippen molar-refractivity contribution < 1.29 is 173 Å². The molecule has 0 amide bonds. The van der Waals surface area contributed by atoms with E-state index in [1.54, 1.807) is 12.2 Å². The summed E-state index contributed by atoms with van der Waals surface area (Å²) in [4.78, 5) is 90.6. The number of aliphatic hydroxyl groups is 5. The Bertz CT molecular complexity index is 2100. The van der Waals surface area contributed by atoms with Crippen LogP contribution in [0.4, 0.5) is 0 Å². The van der Waals surface area contributed by atoms with Crippen LogP contribution in [-0.4, -0.2) is 109 Å². The molecule has 0 aliphatic heterocycles. The van der Waals surface area contributed by atoms with Gasteiger partial charge in [-0.05, 0) is 155 Å². The Labute approximate surface area is 475 Å². The molecular formula is C50H67Na3O17. The minimum absolute atomic E-state index is 0. The van der Waals surface area contributed by atoms with E-state index in [4.69, 9.17) is 4.74 Å². The molecule has 0 spiro atoms. The molecule has 20 heteroatoms. The summed E-state index contributed by atoms with van der Waals surface area (Å²) < 4.78 is 4.95. The third kappa shape index (κ3) is 11.6. The molecule has 0 heterocycles. The van der Waals surface area contributed by atoms with Gasteiger partial charge in [-0.25, -0.2) is 0 Å². The SMILES string of the molecule is C[C@]12CCC(=O)C=C1CC[C@@H]1[C@@H]2[C@@H](O)C[C@@]2(C)[C@H]1CC[C@]2(O)C(=O)CO.C[C@]12CCC(=O)C=C1CC[C@@H]1[C@@H]2[C@@H](O)C[C@@]2(C)[C@H]1CC[C@]2(O)C(=O)COC(=O)CCC(=O)[O-].O=C([O-])CCC(=O)[O-].[Na+].[Na+].[Na+]. The molecular weight excluding hydrogens is 942 g/mol. The van der Waals surface area contributed by atoms with Crippen molar-refractivity contribution in [2.75, 3.05) is 13.2 Å². The van der Waals surface area contributed by atoms with Crippen LogP contribution in [0.5, 0.6) is 0 Å². The number of esters is 1. The fourth-order valence-corrected chi connectivity index (χ4v) is 15.2. The smallest absolute Gasteiger partial charge is 0.550 e. The van der Waals surface area contributed by atoms with E-state index < -0.39 is 109 Å². The first kappa shape index (κ1) is 63.1. The van der Waals surface area contributed by atoms with Gasteiger partial charge in [0.1, 0.15) is 17.8 Å². The molecule has 6 fully saturated rings. The number of hydrogen-bond donors (Lipinski definition) is 5. The molecule has 0 unspecified atom stereocenters. The van der Waals surface area contributed by atoms with Crippen molar-refractivity contribution in [2.45, 2.75) is 167 Å². The molecule has 0 radical (unpaired) electrons. The summed E-state index contributed by atoms with van der Waals surface area (Å²) in [6, 6.07) is 0. The van der Waals surface area contributed by atoms with Crippen molar-refractivity contribution >= 4 is 47.0 Å². The van der Waals surface area contributed by atoms with Gasteiger partial charge in [-0.1, -0.05) is 38.8 Å². The Morgan fingerprint density at radius 2 is 0.957 bits per heavy atom. The number of carbonyl (C=O) groups is 8. The van der Waals surface area contributed by atoms with E-state index in [-0.39, 0.29) is 159 Å². The molecule has 0 aromatic rings. The van der Waals surface area contributed by atoms with Gasteiger partial charge in [0.05, 0.1) is 18.6 Å². The zero-order valence-electron chi connectivity index (χ0n) is 42.1. The number of aliphatic carboxylic acids is 3. The molecule has 17 nitrogen and oxygen atoms in total. The maximum atomic E-state index is 13.1. The second-order valence-corrected chi connectivity index (χ2v) is 21.7. The summed E-state index contributed by atoms with van der Waals surface area (Å²) >= 11 is 0. The maximum Gasteiger partial charge on any atom is 1.00 e. The van der Waals surface area contributed by atoms with Crippen LogP contribution in [0.25, 0.3) is 0 Å². The maximum absolute atomic E-state index is 13.1. The van der Waals surface area contributed by atoms with Crippen LogP contribution < -0.4 is 104 Å². The molecule has 8 aliphatic rings. The van der Waals surface area contributed by atoms with Gasteiger partial charge in [-0.2, -0.15) is 0 Å². The van der Waals surface area contributed by atoms with Crippen molar-refractivity contribution in [3.63, 3.8) is 0 Å². The normalized spacial score (nSPS) is 39.5. The standard InChI is InChI=1S/C25H34O8.C21H30O5.C4H6O4.3Na/c1-23-9-7-15(26)11-14(23)3-4-16-17-8-10-25(32,24(17,2)12-18(27)22(16)23)19(28)13-33-21(31)6-5-20(29)30;1-19-7-5-13(23)9-12(19)3-4-14-15-6-8-21(26,17(25)11-22)20(15,2)10-16(24)18(14)19;5-3(6)1-2-4(7)8;;;/h11,16-18,22,27,32H,3-10,12-13H2,1-2H3,(H,29,30);9,14-16,18,22,24,26H,3-8,10-11H2,1-2H3;1-2H2,(H,5,6)(H,7,8);;;/q;;;3*+1/p-3/t16-,17-,18-,22+,23-,24-,25-;14-,15-,16-,18+,19-,20-,21-;;;;/m00..../s1. The van der Waals surface area contributed by atoms with Crippen LogP contribution in [-0.2, 0) is 43.1 Å². The number of allylic oxidation sites excluding steroid dienone is 2. The quantitative estimate of drug-likeness (QED) is 0.0948. The molecule has 0 aromatic carbocycles. The summed E-state index contributed by atoms with van der Waals surface area (Å²) in [5.74, 6) is -5.13. The summed E-state index contributed by atoms with van der Waals surface area (Å²) in [6.45, 7) is 6.84. The van der Waals surface area contributed by atoms with E-state index in [9.17, 15) is 79.2 Å². The number of Topliss-reactive ketones (excluding diaryl/α,β-unsaturated/α-hetero) is 2. The second-order valence-electron chi connectivity index (χ2n) is 21.7. The first-order valence-corrected chi connectivity index (χ1v) is 23.9. The van der Waals surface area contributed by atoms with Gasteiger partial charge in [0.15, 0.2) is 24.0 Å². The van der Waals surface area contributed by atoms with E-state index in [1.807, 2.05) is 13.8 Å². The van der Waals surface area contributed by atoms with Crippen LogP contribution in [0.2, 0.25) is 0 Å². The molecule has 8 aliphatic carbocycles. The van der Waals surface area contributed by atoms with Gasteiger partial charge in [-0.3, -0.25) is 24.0 Å². The third-order valence-electron chi connectivity index (χ3n) is 18.6. The summed E-state index contributed by atoms with van der Waals surface area (Å²) in [5, 5.41) is 84.2. The van der Waals surface area contributed by atoms with Gasteiger partial charge in [0, 0.05) is 41.6 Å². The zero-order chi connectivity index (χ0) is 49.7. The fourth-order valence-electron chi connectivity index (χ4n) is 15.2. The van der Waals surface area contributed by atoms with Crippen molar-refractivity contribution in [1.29, 1.82) is 0 Å². The molecule has 70 heavy (non-hydrogen) atoms. The molecule has 5 N–H and O–H groups in total. The number of carboxylic acids is 3. The first-order chi connectivity index (χ1) is 31.2. The number of ether oxygens (including phenoxy) is 1. The Morgan fingerprint density at radius 1 is 0.586 bits per heavy atom. The third-order valence-corrected chi connectivity index (χ3v) is 18.6. The minimum atomic E-state index is -1.72. The van der Waals surface area contributed by atoms with Crippen LogP contribution in [0, 0.1) is 57.2 Å². The molecule has 0 saturated heterocycles. The molecule has 8 rings (SSSR count). The minimum Gasteiger partial charge on any atom is -0.550 e. The number of hydrogen-bond acceptors (Lipinski definition) is 17. The number of aliphatic hydroxyl groups excluding tert-OH is 3.